The molecule has 1 heterocycles. The Balaban J connectivity index is 0.00000180. The summed E-state index contributed by atoms with van der Waals surface area (Å²) in [4.78, 5) is 2.50. The first-order chi connectivity index (χ1) is 8.90. The topological polar surface area (TPSA) is 12.5 Å². The number of likely N-dealkylation sites (tertiary alicyclic amines) is 1. The molecule has 0 bridgehead atoms. The van der Waals surface area contributed by atoms with Gasteiger partial charge in [-0.05, 0) is 44.0 Å². The second-order valence-electron chi connectivity index (χ2n) is 4.85. The minimum atomic E-state index is 0. The summed E-state index contributed by atoms with van der Waals surface area (Å²) in [6.45, 7) is 8.08. The standard InChI is InChI=1S/C16H23NO.ClH/c1-2-8-15-9-4-5-10-16(15)18-14-13-17-11-6-3-7-12-17;/h2,4-5,9-10H,1,3,6-8,11-14H2;1H/p-1. The molecule has 1 aromatic rings. The molecule has 1 saturated heterocycles. The molecule has 0 radical (unpaired) electrons. The molecule has 0 N–H and O–H groups in total. The molecule has 2 nitrogen and oxygen atoms in total. The van der Waals surface area contributed by atoms with Gasteiger partial charge in [-0.3, -0.25) is 4.90 Å². The van der Waals surface area contributed by atoms with Crippen molar-refractivity contribution < 1.29 is 17.1 Å². The average Bonchev–Trinajstić information content (AvgIpc) is 2.42. The molecule has 19 heavy (non-hydrogen) atoms. The van der Waals surface area contributed by atoms with Crippen molar-refractivity contribution >= 4 is 0 Å². The van der Waals surface area contributed by atoms with Gasteiger partial charge in [-0.15, -0.1) is 6.58 Å². The largest absolute Gasteiger partial charge is 1.00 e. The van der Waals surface area contributed by atoms with Crippen molar-refractivity contribution in [2.24, 2.45) is 0 Å². The first kappa shape index (κ1) is 16.1. The molecule has 106 valence electrons. The van der Waals surface area contributed by atoms with Crippen molar-refractivity contribution in [2.45, 2.75) is 25.7 Å². The summed E-state index contributed by atoms with van der Waals surface area (Å²) < 4.78 is 5.90. The Morgan fingerprint density at radius 3 is 2.63 bits per heavy atom. The molecule has 0 amide bonds. The van der Waals surface area contributed by atoms with Gasteiger partial charge in [0, 0.05) is 6.54 Å². The third-order valence-electron chi connectivity index (χ3n) is 3.45. The van der Waals surface area contributed by atoms with Crippen LogP contribution in [0.4, 0.5) is 0 Å². The molecule has 1 aliphatic rings. The number of hydrogen-bond acceptors (Lipinski definition) is 2. The van der Waals surface area contributed by atoms with E-state index in [-0.39, 0.29) is 12.4 Å². The molecule has 0 aromatic heterocycles. The van der Waals surface area contributed by atoms with Gasteiger partial charge in [-0.25, -0.2) is 0 Å². The lowest BCUT2D eigenvalue weighted by atomic mass is 10.1. The number of para-hydroxylation sites is 1. The van der Waals surface area contributed by atoms with E-state index in [9.17, 15) is 0 Å². The van der Waals surface area contributed by atoms with Crippen molar-refractivity contribution in [2.75, 3.05) is 26.2 Å². The van der Waals surface area contributed by atoms with Gasteiger partial charge in [0.1, 0.15) is 12.4 Å². The highest BCUT2D eigenvalue weighted by Crippen LogP contribution is 2.18. The van der Waals surface area contributed by atoms with Crippen molar-refractivity contribution in [1.29, 1.82) is 0 Å². The maximum Gasteiger partial charge on any atom is 0.122 e. The fourth-order valence-corrected chi connectivity index (χ4v) is 2.44. The summed E-state index contributed by atoms with van der Waals surface area (Å²) in [5.74, 6) is 1.01. The monoisotopic (exact) mass is 280 g/mol. The predicted octanol–water partition coefficient (Wildman–Crippen LogP) is 0.284. The van der Waals surface area contributed by atoms with E-state index < -0.39 is 0 Å². The molecule has 0 aliphatic carbocycles. The maximum absolute atomic E-state index is 5.90. The molecule has 1 aromatic carbocycles. The lowest BCUT2D eigenvalue weighted by Gasteiger charge is -2.26. The van der Waals surface area contributed by atoms with Crippen LogP contribution >= 0.6 is 0 Å². The van der Waals surface area contributed by atoms with Gasteiger partial charge in [0.25, 0.3) is 0 Å². The van der Waals surface area contributed by atoms with Crippen LogP contribution in [0.25, 0.3) is 0 Å². The fraction of sp³-hybridized carbons (Fsp3) is 0.500. The van der Waals surface area contributed by atoms with Crippen molar-refractivity contribution in [1.82, 2.24) is 4.90 Å². The first-order valence-corrected chi connectivity index (χ1v) is 6.94. The van der Waals surface area contributed by atoms with E-state index in [4.69, 9.17) is 4.74 Å². The third-order valence-corrected chi connectivity index (χ3v) is 3.45. The van der Waals surface area contributed by atoms with Crippen LogP contribution in [-0.4, -0.2) is 31.1 Å². The van der Waals surface area contributed by atoms with Crippen LogP contribution in [0.15, 0.2) is 36.9 Å². The minimum Gasteiger partial charge on any atom is -1.00 e. The molecular weight excluding hydrogens is 258 g/mol. The molecule has 0 saturated carbocycles. The highest BCUT2D eigenvalue weighted by Gasteiger charge is 2.09. The summed E-state index contributed by atoms with van der Waals surface area (Å²) in [5.41, 5.74) is 1.23. The summed E-state index contributed by atoms with van der Waals surface area (Å²) in [6.07, 6.45) is 6.87. The molecule has 1 aliphatic heterocycles. The number of piperidine rings is 1. The van der Waals surface area contributed by atoms with E-state index in [1.165, 1.54) is 37.9 Å². The van der Waals surface area contributed by atoms with E-state index in [1.807, 2.05) is 12.1 Å². The van der Waals surface area contributed by atoms with Crippen molar-refractivity contribution in [3.63, 3.8) is 0 Å². The quantitative estimate of drug-likeness (QED) is 0.695. The Kier molecular flexibility index (Phi) is 7.61. The van der Waals surface area contributed by atoms with E-state index in [2.05, 4.69) is 29.7 Å². The third kappa shape index (κ3) is 5.25. The van der Waals surface area contributed by atoms with Crippen molar-refractivity contribution in [3.05, 3.63) is 42.5 Å². The summed E-state index contributed by atoms with van der Waals surface area (Å²) in [6, 6.07) is 8.24. The minimum absolute atomic E-state index is 0. The molecule has 3 heteroatoms. The van der Waals surface area contributed by atoms with Crippen LogP contribution in [0.3, 0.4) is 0 Å². The normalized spacial score (nSPS) is 15.6. The highest BCUT2D eigenvalue weighted by molar-refractivity contribution is 5.34. The van der Waals surface area contributed by atoms with Gasteiger partial charge in [0.2, 0.25) is 0 Å². The number of rotatable bonds is 6. The molecule has 1 fully saturated rings. The highest BCUT2D eigenvalue weighted by atomic mass is 35.5. The zero-order chi connectivity index (χ0) is 12.6. The molecule has 0 spiro atoms. The lowest BCUT2D eigenvalue weighted by Crippen LogP contribution is -3.00. The van der Waals surface area contributed by atoms with Crippen LogP contribution in [0.5, 0.6) is 5.75 Å². The lowest BCUT2D eigenvalue weighted by molar-refractivity contribution is -0.00000417. The first-order valence-electron chi connectivity index (χ1n) is 6.94. The molecule has 2 rings (SSSR count). The molecular formula is C16H23ClNO-. The number of halogens is 1. The van der Waals surface area contributed by atoms with Gasteiger partial charge in [0.05, 0.1) is 0 Å². The predicted molar refractivity (Wildman–Crippen MR) is 76.1 cm³/mol. The van der Waals surface area contributed by atoms with E-state index >= 15 is 0 Å². The number of nitrogens with zero attached hydrogens (tertiary/aromatic N) is 1. The van der Waals surface area contributed by atoms with Crippen LogP contribution in [0, 0.1) is 0 Å². The second kappa shape index (κ2) is 9.00. The maximum atomic E-state index is 5.90. The SMILES string of the molecule is C=CCc1ccccc1OCCN1CCCCC1.[Cl-]. The fourth-order valence-electron chi connectivity index (χ4n) is 2.44. The summed E-state index contributed by atoms with van der Waals surface area (Å²) >= 11 is 0. The van der Waals surface area contributed by atoms with Crippen molar-refractivity contribution in [3.8, 4) is 5.75 Å². The number of allylic oxidation sites excluding steroid dienone is 1. The van der Waals surface area contributed by atoms with Gasteiger partial charge < -0.3 is 17.1 Å². The molecule has 0 atom stereocenters. The smallest absolute Gasteiger partial charge is 0.122 e. The Hall–Kier alpha value is -0.990. The molecule has 0 unspecified atom stereocenters. The zero-order valence-corrected chi connectivity index (χ0v) is 12.2. The zero-order valence-electron chi connectivity index (χ0n) is 11.5. The van der Waals surface area contributed by atoms with Crippen LogP contribution in [0.1, 0.15) is 24.8 Å². The number of ether oxygens (including phenoxy) is 1. The Labute approximate surface area is 122 Å². The van der Waals surface area contributed by atoms with E-state index in [0.29, 0.717) is 0 Å². The Morgan fingerprint density at radius 2 is 1.89 bits per heavy atom. The Bertz CT molecular complexity index is 375. The average molecular weight is 281 g/mol. The van der Waals surface area contributed by atoms with Gasteiger partial charge in [-0.2, -0.15) is 0 Å². The second-order valence-corrected chi connectivity index (χ2v) is 4.85. The summed E-state index contributed by atoms with van der Waals surface area (Å²) in [7, 11) is 0. The van der Waals surface area contributed by atoms with E-state index in [1.54, 1.807) is 0 Å². The summed E-state index contributed by atoms with van der Waals surface area (Å²) in [5, 5.41) is 0. The van der Waals surface area contributed by atoms with Crippen LogP contribution in [-0.2, 0) is 6.42 Å². The van der Waals surface area contributed by atoms with Crippen LogP contribution < -0.4 is 17.1 Å². The number of hydrogen-bond donors (Lipinski definition) is 0. The van der Waals surface area contributed by atoms with Crippen LogP contribution in [0.2, 0.25) is 0 Å². The van der Waals surface area contributed by atoms with Gasteiger partial charge in [0.15, 0.2) is 0 Å². The van der Waals surface area contributed by atoms with Gasteiger partial charge in [-0.1, -0.05) is 30.7 Å². The van der Waals surface area contributed by atoms with E-state index in [0.717, 1.165) is 25.3 Å². The Morgan fingerprint density at radius 1 is 1.16 bits per heavy atom. The number of benzene rings is 1. The van der Waals surface area contributed by atoms with Gasteiger partial charge >= 0.3 is 0 Å².